The molecule has 2 saturated heterocycles. The molecule has 2 aliphatic rings. The second kappa shape index (κ2) is 6.04. The van der Waals surface area contributed by atoms with Crippen LogP contribution in [-0.2, 0) is 4.74 Å². The van der Waals surface area contributed by atoms with Crippen molar-refractivity contribution >= 4 is 6.03 Å². The number of morpholine rings is 1. The second-order valence-electron chi connectivity index (χ2n) is 4.92. The molecule has 1 atom stereocenters. The summed E-state index contributed by atoms with van der Waals surface area (Å²) in [5.41, 5.74) is 0. The first-order chi connectivity index (χ1) is 9.83. The summed E-state index contributed by atoms with van der Waals surface area (Å²) in [5.74, 6) is 0.512. The molecule has 7 heteroatoms. The third kappa shape index (κ3) is 2.98. The molecule has 0 spiro atoms. The fourth-order valence-corrected chi connectivity index (χ4v) is 2.47. The van der Waals surface area contributed by atoms with Gasteiger partial charge in [-0.2, -0.15) is 5.10 Å². The zero-order valence-corrected chi connectivity index (χ0v) is 11.3. The van der Waals surface area contributed by atoms with Crippen LogP contribution in [0.25, 0.3) is 0 Å². The minimum Gasteiger partial charge on any atom is -0.471 e. The van der Waals surface area contributed by atoms with Gasteiger partial charge in [-0.1, -0.05) is 0 Å². The molecular formula is C13H18N4O3. The largest absolute Gasteiger partial charge is 0.471 e. The minimum absolute atomic E-state index is 0.00306. The van der Waals surface area contributed by atoms with E-state index in [-0.39, 0.29) is 12.1 Å². The van der Waals surface area contributed by atoms with Crippen molar-refractivity contribution in [2.75, 3.05) is 39.4 Å². The first kappa shape index (κ1) is 13.1. The molecule has 1 unspecified atom stereocenters. The third-order valence-corrected chi connectivity index (χ3v) is 3.53. The zero-order valence-electron chi connectivity index (χ0n) is 11.3. The van der Waals surface area contributed by atoms with Gasteiger partial charge in [0.25, 0.3) is 0 Å². The van der Waals surface area contributed by atoms with E-state index < -0.39 is 0 Å². The van der Waals surface area contributed by atoms with Gasteiger partial charge in [0, 0.05) is 38.3 Å². The lowest BCUT2D eigenvalue weighted by Crippen LogP contribution is -2.47. The molecule has 20 heavy (non-hydrogen) atoms. The fraction of sp³-hybridized carbons (Fsp3) is 0.615. The van der Waals surface area contributed by atoms with Crippen molar-refractivity contribution in [3.63, 3.8) is 0 Å². The molecule has 0 aliphatic carbocycles. The predicted molar refractivity (Wildman–Crippen MR) is 70.4 cm³/mol. The van der Waals surface area contributed by atoms with E-state index in [4.69, 9.17) is 9.47 Å². The number of rotatable bonds is 2. The van der Waals surface area contributed by atoms with Gasteiger partial charge in [-0.3, -0.25) is 0 Å². The molecule has 7 nitrogen and oxygen atoms in total. The van der Waals surface area contributed by atoms with E-state index in [0.717, 1.165) is 13.0 Å². The molecule has 0 saturated carbocycles. The number of ether oxygens (including phenoxy) is 2. The molecule has 0 aromatic carbocycles. The van der Waals surface area contributed by atoms with Gasteiger partial charge in [0.1, 0.15) is 6.10 Å². The molecule has 108 valence electrons. The highest BCUT2D eigenvalue weighted by molar-refractivity contribution is 5.74. The molecule has 1 aromatic rings. The van der Waals surface area contributed by atoms with Crippen LogP contribution in [0.5, 0.6) is 5.88 Å². The summed E-state index contributed by atoms with van der Waals surface area (Å²) < 4.78 is 11.0. The van der Waals surface area contributed by atoms with Crippen LogP contribution in [-0.4, -0.2) is 71.5 Å². The summed E-state index contributed by atoms with van der Waals surface area (Å²) in [6.45, 7) is 3.92. The first-order valence-corrected chi connectivity index (χ1v) is 6.89. The van der Waals surface area contributed by atoms with Gasteiger partial charge in [-0.15, -0.1) is 5.10 Å². The number of amides is 2. The molecule has 0 N–H and O–H groups in total. The van der Waals surface area contributed by atoms with Crippen LogP contribution < -0.4 is 4.74 Å². The number of aromatic nitrogens is 2. The fourth-order valence-electron chi connectivity index (χ4n) is 2.47. The SMILES string of the molecule is O=C(N1CCOCC1)N1CCC(Oc2cccnn2)C1. The Morgan fingerprint density at radius 3 is 2.90 bits per heavy atom. The summed E-state index contributed by atoms with van der Waals surface area (Å²) in [7, 11) is 0. The third-order valence-electron chi connectivity index (χ3n) is 3.53. The standard InChI is InChI=1S/C13H18N4O3/c18-13(16-6-8-19-9-7-16)17-5-3-11(10-17)20-12-2-1-4-14-15-12/h1-2,4,11H,3,5-10H2. The highest BCUT2D eigenvalue weighted by atomic mass is 16.5. The zero-order chi connectivity index (χ0) is 13.8. The lowest BCUT2D eigenvalue weighted by atomic mass is 10.3. The molecule has 2 fully saturated rings. The first-order valence-electron chi connectivity index (χ1n) is 6.89. The number of likely N-dealkylation sites (tertiary alicyclic amines) is 1. The van der Waals surface area contributed by atoms with Gasteiger partial charge >= 0.3 is 6.03 Å². The Labute approximate surface area is 117 Å². The number of hydrogen-bond acceptors (Lipinski definition) is 5. The van der Waals surface area contributed by atoms with Crippen LogP contribution in [0.1, 0.15) is 6.42 Å². The Kier molecular flexibility index (Phi) is 3.96. The topological polar surface area (TPSA) is 67.8 Å². The number of carbonyl (C=O) groups excluding carboxylic acids is 1. The van der Waals surface area contributed by atoms with Gasteiger partial charge in [0.05, 0.1) is 19.8 Å². The Balaban J connectivity index is 1.52. The molecule has 0 bridgehead atoms. The summed E-state index contributed by atoms with van der Waals surface area (Å²) in [6, 6.07) is 3.64. The smallest absolute Gasteiger partial charge is 0.320 e. The van der Waals surface area contributed by atoms with E-state index in [9.17, 15) is 4.79 Å². The van der Waals surface area contributed by atoms with Gasteiger partial charge in [-0.05, 0) is 6.07 Å². The maximum absolute atomic E-state index is 12.3. The van der Waals surface area contributed by atoms with Crippen molar-refractivity contribution in [2.24, 2.45) is 0 Å². The molecular weight excluding hydrogens is 260 g/mol. The van der Waals surface area contributed by atoms with E-state index in [1.165, 1.54) is 0 Å². The Bertz CT molecular complexity index is 450. The van der Waals surface area contributed by atoms with Gasteiger partial charge < -0.3 is 19.3 Å². The Morgan fingerprint density at radius 2 is 2.15 bits per heavy atom. The number of carbonyl (C=O) groups is 1. The average Bonchev–Trinajstić information content (AvgIpc) is 2.97. The highest BCUT2D eigenvalue weighted by Gasteiger charge is 2.31. The van der Waals surface area contributed by atoms with Crippen molar-refractivity contribution < 1.29 is 14.3 Å². The Morgan fingerprint density at radius 1 is 1.30 bits per heavy atom. The summed E-state index contributed by atoms with van der Waals surface area (Å²) in [5, 5.41) is 7.68. The molecule has 2 amide bonds. The van der Waals surface area contributed by atoms with E-state index in [1.54, 1.807) is 18.3 Å². The summed E-state index contributed by atoms with van der Waals surface area (Å²) >= 11 is 0. The van der Waals surface area contributed by atoms with Crippen LogP contribution in [0.4, 0.5) is 4.79 Å². The number of hydrogen-bond donors (Lipinski definition) is 0. The van der Waals surface area contributed by atoms with Gasteiger partial charge in [0.2, 0.25) is 5.88 Å². The maximum atomic E-state index is 12.3. The average molecular weight is 278 g/mol. The van der Waals surface area contributed by atoms with Gasteiger partial charge in [-0.25, -0.2) is 4.79 Å². The van der Waals surface area contributed by atoms with Crippen LogP contribution in [0.3, 0.4) is 0 Å². The normalized spacial score (nSPS) is 22.9. The van der Waals surface area contributed by atoms with Gasteiger partial charge in [0.15, 0.2) is 0 Å². The van der Waals surface area contributed by atoms with Crippen molar-refractivity contribution in [2.45, 2.75) is 12.5 Å². The summed E-state index contributed by atoms with van der Waals surface area (Å²) in [6.07, 6.45) is 2.43. The van der Waals surface area contributed by atoms with Crippen molar-refractivity contribution in [1.82, 2.24) is 20.0 Å². The lowest BCUT2D eigenvalue weighted by Gasteiger charge is -2.30. The van der Waals surface area contributed by atoms with Crippen molar-refractivity contribution in [3.8, 4) is 5.88 Å². The molecule has 3 rings (SSSR count). The van der Waals surface area contributed by atoms with Crippen LogP contribution in [0, 0.1) is 0 Å². The van der Waals surface area contributed by atoms with E-state index in [0.29, 0.717) is 38.7 Å². The maximum Gasteiger partial charge on any atom is 0.320 e. The number of nitrogens with zero attached hydrogens (tertiary/aromatic N) is 4. The highest BCUT2D eigenvalue weighted by Crippen LogP contribution is 2.17. The van der Waals surface area contributed by atoms with Crippen molar-refractivity contribution in [1.29, 1.82) is 0 Å². The summed E-state index contributed by atoms with van der Waals surface area (Å²) in [4.78, 5) is 16.0. The van der Waals surface area contributed by atoms with E-state index in [1.807, 2.05) is 9.80 Å². The molecule has 3 heterocycles. The predicted octanol–water partition coefficient (Wildman–Crippen LogP) is 0.382. The second-order valence-corrected chi connectivity index (χ2v) is 4.92. The lowest BCUT2D eigenvalue weighted by molar-refractivity contribution is 0.0443. The monoisotopic (exact) mass is 278 g/mol. The van der Waals surface area contributed by atoms with E-state index >= 15 is 0 Å². The molecule has 1 aromatic heterocycles. The quantitative estimate of drug-likeness (QED) is 0.782. The van der Waals surface area contributed by atoms with Crippen LogP contribution >= 0.6 is 0 Å². The van der Waals surface area contributed by atoms with Crippen LogP contribution in [0.15, 0.2) is 18.3 Å². The minimum atomic E-state index is -0.00306. The van der Waals surface area contributed by atoms with Crippen molar-refractivity contribution in [3.05, 3.63) is 18.3 Å². The molecule has 2 aliphatic heterocycles. The number of urea groups is 1. The van der Waals surface area contributed by atoms with Crippen LogP contribution in [0.2, 0.25) is 0 Å². The Hall–Kier alpha value is -1.89. The molecule has 0 radical (unpaired) electrons. The van der Waals surface area contributed by atoms with E-state index in [2.05, 4.69) is 10.2 Å².